The first-order chi connectivity index (χ1) is 17.2. The number of benzene rings is 2. The van der Waals surface area contributed by atoms with Crippen molar-refractivity contribution in [3.05, 3.63) is 71.3 Å². The van der Waals surface area contributed by atoms with E-state index in [2.05, 4.69) is 26.1 Å². The van der Waals surface area contributed by atoms with Gasteiger partial charge in [0.2, 0.25) is 0 Å². The minimum Gasteiger partial charge on any atom is -0.460 e. The first-order valence-electron chi connectivity index (χ1n) is 13.3. The molecule has 0 bridgehead atoms. The molecule has 0 amide bonds. The third kappa shape index (κ3) is 10.6. The largest absolute Gasteiger partial charge is 0.460 e. The molecule has 5 nitrogen and oxygen atoms in total. The zero-order valence-electron chi connectivity index (χ0n) is 23.9. The van der Waals surface area contributed by atoms with E-state index in [9.17, 15) is 14.4 Å². The minimum absolute atomic E-state index is 0.0578. The van der Waals surface area contributed by atoms with Gasteiger partial charge in [-0.1, -0.05) is 68.4 Å². The van der Waals surface area contributed by atoms with Crippen LogP contribution in [0.2, 0.25) is 0 Å². The molecule has 0 radical (unpaired) electrons. The second-order valence-electron chi connectivity index (χ2n) is 12.5. The summed E-state index contributed by atoms with van der Waals surface area (Å²) in [6, 6.07) is 17.2. The van der Waals surface area contributed by atoms with Crippen molar-refractivity contribution in [1.82, 2.24) is 5.32 Å². The molecule has 1 N–H and O–H groups in total. The topological polar surface area (TPSA) is 72.5 Å². The van der Waals surface area contributed by atoms with Crippen LogP contribution in [0.4, 0.5) is 0 Å². The molecule has 0 heterocycles. The SMILES string of the molecule is CC(C)[C@H](NC(C)(C)C)C(=O)C[C@@H](Cc1ccccc1)C(=O)Cc1ccc(COC(=O)C(C)(C)C)cc1. The Morgan fingerprint density at radius 2 is 1.35 bits per heavy atom. The van der Waals surface area contributed by atoms with Crippen LogP contribution < -0.4 is 5.32 Å². The van der Waals surface area contributed by atoms with Gasteiger partial charge in [0.15, 0.2) is 5.78 Å². The Balaban J connectivity index is 2.14. The molecule has 2 rings (SSSR count). The molecule has 0 aliphatic carbocycles. The number of hydrogen-bond donors (Lipinski definition) is 1. The molecule has 0 saturated carbocycles. The molecular weight excluding hydrogens is 462 g/mol. The third-order valence-electron chi connectivity index (χ3n) is 6.21. The van der Waals surface area contributed by atoms with Crippen molar-refractivity contribution in [1.29, 1.82) is 0 Å². The van der Waals surface area contributed by atoms with E-state index in [0.29, 0.717) is 6.42 Å². The van der Waals surface area contributed by atoms with Crippen LogP contribution in [0.25, 0.3) is 0 Å². The Morgan fingerprint density at radius 1 is 0.784 bits per heavy atom. The fraction of sp³-hybridized carbons (Fsp3) is 0.531. The summed E-state index contributed by atoms with van der Waals surface area (Å²) in [6.45, 7) is 15.9. The van der Waals surface area contributed by atoms with Crippen LogP contribution in [-0.2, 0) is 38.6 Å². The van der Waals surface area contributed by atoms with Crippen molar-refractivity contribution >= 4 is 17.5 Å². The molecular formula is C32H45NO4. The van der Waals surface area contributed by atoms with Gasteiger partial charge in [-0.2, -0.15) is 0 Å². The molecule has 37 heavy (non-hydrogen) atoms. The van der Waals surface area contributed by atoms with E-state index in [0.717, 1.165) is 16.7 Å². The number of carbonyl (C=O) groups excluding carboxylic acids is 3. The van der Waals surface area contributed by atoms with E-state index in [1.54, 1.807) is 0 Å². The first-order valence-corrected chi connectivity index (χ1v) is 13.3. The van der Waals surface area contributed by atoms with Crippen LogP contribution in [0.15, 0.2) is 54.6 Å². The highest BCUT2D eigenvalue weighted by Gasteiger charge is 2.30. The summed E-state index contributed by atoms with van der Waals surface area (Å²) in [7, 11) is 0. The molecule has 2 aromatic rings. The third-order valence-corrected chi connectivity index (χ3v) is 6.21. The molecule has 0 spiro atoms. The van der Waals surface area contributed by atoms with Crippen molar-refractivity contribution in [3.8, 4) is 0 Å². The van der Waals surface area contributed by atoms with Crippen LogP contribution in [0.1, 0.15) is 78.5 Å². The first kappa shape index (κ1) is 30.4. The van der Waals surface area contributed by atoms with E-state index < -0.39 is 11.3 Å². The number of rotatable bonds is 12. The smallest absolute Gasteiger partial charge is 0.311 e. The highest BCUT2D eigenvalue weighted by atomic mass is 16.5. The summed E-state index contributed by atoms with van der Waals surface area (Å²) in [5.74, 6) is -0.386. The summed E-state index contributed by atoms with van der Waals surface area (Å²) in [5, 5.41) is 3.45. The lowest BCUT2D eigenvalue weighted by molar-refractivity contribution is -0.154. The molecule has 0 aliphatic heterocycles. The van der Waals surface area contributed by atoms with E-state index in [1.165, 1.54) is 0 Å². The van der Waals surface area contributed by atoms with Gasteiger partial charge in [-0.15, -0.1) is 0 Å². The van der Waals surface area contributed by atoms with Gasteiger partial charge in [0.05, 0.1) is 11.5 Å². The Morgan fingerprint density at radius 3 is 1.86 bits per heavy atom. The van der Waals surface area contributed by atoms with Crippen LogP contribution in [0.3, 0.4) is 0 Å². The van der Waals surface area contributed by atoms with Crippen LogP contribution in [0, 0.1) is 17.3 Å². The van der Waals surface area contributed by atoms with Crippen LogP contribution in [0.5, 0.6) is 0 Å². The maximum absolute atomic E-state index is 13.5. The average Bonchev–Trinajstić information content (AvgIpc) is 2.80. The number of Topliss-reactive ketones (excluding diaryl/α,β-unsaturated/α-hetero) is 2. The highest BCUT2D eigenvalue weighted by Crippen LogP contribution is 2.21. The van der Waals surface area contributed by atoms with Gasteiger partial charge in [-0.25, -0.2) is 0 Å². The van der Waals surface area contributed by atoms with Crippen LogP contribution in [-0.4, -0.2) is 29.1 Å². The van der Waals surface area contributed by atoms with E-state index in [1.807, 2.05) is 89.2 Å². The van der Waals surface area contributed by atoms with Gasteiger partial charge in [0, 0.05) is 24.3 Å². The minimum atomic E-state index is -0.547. The fourth-order valence-corrected chi connectivity index (χ4v) is 4.12. The van der Waals surface area contributed by atoms with Gasteiger partial charge < -0.3 is 10.1 Å². The Kier molecular flexibility index (Phi) is 10.8. The summed E-state index contributed by atoms with van der Waals surface area (Å²) >= 11 is 0. The molecule has 2 atom stereocenters. The summed E-state index contributed by atoms with van der Waals surface area (Å²) in [6.07, 6.45) is 0.999. The molecule has 5 heteroatoms. The monoisotopic (exact) mass is 507 g/mol. The second kappa shape index (κ2) is 13.1. The summed E-state index contributed by atoms with van der Waals surface area (Å²) < 4.78 is 5.39. The van der Waals surface area contributed by atoms with Gasteiger partial charge >= 0.3 is 5.97 Å². The molecule has 0 aromatic heterocycles. The molecule has 0 aliphatic rings. The van der Waals surface area contributed by atoms with Gasteiger partial charge in [-0.3, -0.25) is 14.4 Å². The number of esters is 1. The Hall–Kier alpha value is -2.79. The van der Waals surface area contributed by atoms with Crippen molar-refractivity contribution in [2.45, 2.75) is 92.8 Å². The maximum Gasteiger partial charge on any atom is 0.311 e. The van der Waals surface area contributed by atoms with Gasteiger partial charge in [0.25, 0.3) is 0 Å². The molecule has 202 valence electrons. The standard InChI is InChI=1S/C32H45NO4/c1-22(2)29(33-32(6,7)8)28(35)20-26(18-23-12-10-9-11-13-23)27(34)19-24-14-16-25(17-15-24)21-37-30(36)31(3,4)5/h9-17,22,26,29,33H,18-21H2,1-8H3/t26-,29+/m1/s1. The van der Waals surface area contributed by atoms with Crippen LogP contribution >= 0.6 is 0 Å². The summed E-state index contributed by atoms with van der Waals surface area (Å²) in [5.41, 5.74) is 2.06. The fourth-order valence-electron chi connectivity index (χ4n) is 4.12. The van der Waals surface area contributed by atoms with Crippen molar-refractivity contribution in [2.24, 2.45) is 17.3 Å². The number of hydrogen-bond acceptors (Lipinski definition) is 5. The zero-order chi connectivity index (χ0) is 27.8. The number of ketones is 2. The zero-order valence-corrected chi connectivity index (χ0v) is 23.9. The lowest BCUT2D eigenvalue weighted by Gasteiger charge is -2.31. The molecule has 2 aromatic carbocycles. The molecule has 0 unspecified atom stereocenters. The van der Waals surface area contributed by atoms with Crippen molar-refractivity contribution in [2.75, 3.05) is 0 Å². The van der Waals surface area contributed by atoms with E-state index >= 15 is 0 Å². The lowest BCUT2D eigenvalue weighted by Crippen LogP contribution is -2.51. The Labute approximate surface area is 223 Å². The predicted octanol–water partition coefficient (Wildman–Crippen LogP) is 6.12. The lowest BCUT2D eigenvalue weighted by atomic mass is 9.84. The van der Waals surface area contributed by atoms with Gasteiger partial charge in [-0.05, 0) is 70.6 Å². The van der Waals surface area contributed by atoms with E-state index in [4.69, 9.17) is 4.74 Å². The van der Waals surface area contributed by atoms with E-state index in [-0.39, 0.29) is 54.5 Å². The number of nitrogens with one attached hydrogen (secondary N) is 1. The maximum atomic E-state index is 13.5. The second-order valence-corrected chi connectivity index (χ2v) is 12.5. The highest BCUT2D eigenvalue weighted by molar-refractivity contribution is 5.91. The average molecular weight is 508 g/mol. The number of ether oxygens (including phenoxy) is 1. The van der Waals surface area contributed by atoms with Crippen molar-refractivity contribution < 1.29 is 19.1 Å². The molecule has 0 fully saturated rings. The summed E-state index contributed by atoms with van der Waals surface area (Å²) in [4.78, 5) is 38.9. The normalized spacial score (nSPS) is 13.8. The Bertz CT molecular complexity index is 1030. The number of carbonyl (C=O) groups is 3. The quantitative estimate of drug-likeness (QED) is 0.351. The van der Waals surface area contributed by atoms with Crippen molar-refractivity contribution in [3.63, 3.8) is 0 Å². The van der Waals surface area contributed by atoms with Gasteiger partial charge in [0.1, 0.15) is 12.4 Å². The predicted molar refractivity (Wildman–Crippen MR) is 149 cm³/mol. The molecule has 0 saturated heterocycles.